The van der Waals surface area contributed by atoms with E-state index in [4.69, 9.17) is 4.42 Å². The first-order valence-corrected chi connectivity index (χ1v) is 6.65. The summed E-state index contributed by atoms with van der Waals surface area (Å²) in [5, 5.41) is 16.2. The summed E-state index contributed by atoms with van der Waals surface area (Å²) in [6.07, 6.45) is 4.61. The molecule has 106 valence electrons. The predicted molar refractivity (Wildman–Crippen MR) is 78.3 cm³/mol. The zero-order valence-corrected chi connectivity index (χ0v) is 11.3. The highest BCUT2D eigenvalue weighted by Gasteiger charge is 2.06. The molecule has 0 aliphatic carbocycles. The minimum absolute atomic E-state index is 0.405. The molecule has 0 radical (unpaired) electrons. The molecule has 1 atom stereocenters. The van der Waals surface area contributed by atoms with E-state index >= 15 is 0 Å². The number of H-pyrrole nitrogens is 1. The fourth-order valence-electron chi connectivity index (χ4n) is 2.01. The van der Waals surface area contributed by atoms with Crippen molar-refractivity contribution in [1.82, 2.24) is 15.2 Å². The van der Waals surface area contributed by atoms with Gasteiger partial charge in [-0.3, -0.25) is 5.10 Å². The Balaban J connectivity index is 1.65. The number of aliphatic hydroxyl groups excluding tert-OH is 1. The molecule has 3 rings (SSSR count). The van der Waals surface area contributed by atoms with E-state index in [-0.39, 0.29) is 0 Å². The van der Waals surface area contributed by atoms with Gasteiger partial charge in [-0.15, -0.1) is 0 Å². The van der Waals surface area contributed by atoms with Gasteiger partial charge in [-0.05, 0) is 29.8 Å². The molecule has 0 fully saturated rings. The van der Waals surface area contributed by atoms with Gasteiger partial charge in [0.25, 0.3) is 0 Å². The van der Waals surface area contributed by atoms with Gasteiger partial charge in [-0.1, -0.05) is 30.3 Å². The minimum Gasteiger partial charge on any atom is -0.461 e. The van der Waals surface area contributed by atoms with Crippen LogP contribution < -0.4 is 0 Å². The highest BCUT2D eigenvalue weighted by molar-refractivity contribution is 5.44. The maximum Gasteiger partial charge on any atom is 0.157 e. The van der Waals surface area contributed by atoms with E-state index in [2.05, 4.69) is 27.3 Å². The molecule has 1 aromatic carbocycles. The summed E-state index contributed by atoms with van der Waals surface area (Å²) in [5.74, 6) is 1.98. The Kier molecular flexibility index (Phi) is 3.93. The number of furan rings is 1. The Morgan fingerprint density at radius 1 is 1.19 bits per heavy atom. The van der Waals surface area contributed by atoms with Crippen molar-refractivity contribution in [3.8, 4) is 0 Å². The van der Waals surface area contributed by atoms with Crippen LogP contribution in [0.4, 0.5) is 0 Å². The number of nitrogens with one attached hydrogen (secondary N) is 1. The average molecular weight is 281 g/mol. The Morgan fingerprint density at radius 3 is 2.81 bits per heavy atom. The standard InChI is InChI=1S/C16H15N3O2/c20-15(16-17-11-18-19-16)9-8-13-6-7-14(21-13)10-12-4-2-1-3-5-12/h1-9,11,15,20H,10H2,(H,17,18,19). The molecule has 0 saturated carbocycles. The van der Waals surface area contributed by atoms with Crippen LogP contribution in [0.5, 0.6) is 0 Å². The van der Waals surface area contributed by atoms with Gasteiger partial charge in [0.1, 0.15) is 24.0 Å². The number of aromatic amines is 1. The van der Waals surface area contributed by atoms with Crippen LogP contribution in [-0.2, 0) is 6.42 Å². The second kappa shape index (κ2) is 6.19. The number of nitrogens with zero attached hydrogens (tertiary/aromatic N) is 2. The molecule has 5 nitrogen and oxygen atoms in total. The van der Waals surface area contributed by atoms with Gasteiger partial charge < -0.3 is 9.52 Å². The topological polar surface area (TPSA) is 74.9 Å². The molecule has 0 spiro atoms. The zero-order chi connectivity index (χ0) is 14.5. The lowest BCUT2D eigenvalue weighted by molar-refractivity contribution is 0.219. The van der Waals surface area contributed by atoms with Gasteiger partial charge in [-0.2, -0.15) is 5.10 Å². The number of rotatable bonds is 5. The van der Waals surface area contributed by atoms with Crippen molar-refractivity contribution in [3.63, 3.8) is 0 Å². The van der Waals surface area contributed by atoms with Crippen LogP contribution in [0.15, 0.2) is 59.3 Å². The fourth-order valence-corrected chi connectivity index (χ4v) is 2.01. The molecule has 0 aliphatic heterocycles. The molecule has 2 heterocycles. The molecule has 3 aromatic rings. The number of hydrogen-bond acceptors (Lipinski definition) is 4. The van der Waals surface area contributed by atoms with E-state index < -0.39 is 6.10 Å². The van der Waals surface area contributed by atoms with Gasteiger partial charge in [0.2, 0.25) is 0 Å². The maximum absolute atomic E-state index is 9.85. The highest BCUT2D eigenvalue weighted by atomic mass is 16.3. The molecule has 0 amide bonds. The molecule has 2 aromatic heterocycles. The molecule has 21 heavy (non-hydrogen) atoms. The normalized spacial score (nSPS) is 12.8. The summed E-state index contributed by atoms with van der Waals surface area (Å²) >= 11 is 0. The third-order valence-electron chi connectivity index (χ3n) is 3.06. The summed E-state index contributed by atoms with van der Waals surface area (Å²) in [4.78, 5) is 3.89. The Bertz CT molecular complexity index is 702. The van der Waals surface area contributed by atoms with Gasteiger partial charge in [0, 0.05) is 6.42 Å². The second-order valence-corrected chi connectivity index (χ2v) is 4.64. The van der Waals surface area contributed by atoms with Crippen molar-refractivity contribution in [2.75, 3.05) is 0 Å². The van der Waals surface area contributed by atoms with Crippen LogP contribution in [0.25, 0.3) is 6.08 Å². The molecule has 1 unspecified atom stereocenters. The van der Waals surface area contributed by atoms with Crippen molar-refractivity contribution in [1.29, 1.82) is 0 Å². The van der Waals surface area contributed by atoms with Gasteiger partial charge in [0.05, 0.1) is 0 Å². The van der Waals surface area contributed by atoms with Crippen LogP contribution in [0.3, 0.4) is 0 Å². The van der Waals surface area contributed by atoms with E-state index in [9.17, 15) is 5.11 Å². The smallest absolute Gasteiger partial charge is 0.157 e. The highest BCUT2D eigenvalue weighted by Crippen LogP contribution is 2.16. The summed E-state index contributed by atoms with van der Waals surface area (Å²) in [6, 6.07) is 13.9. The largest absolute Gasteiger partial charge is 0.461 e. The van der Waals surface area contributed by atoms with E-state index in [1.54, 1.807) is 12.2 Å². The summed E-state index contributed by atoms with van der Waals surface area (Å²) < 4.78 is 5.71. The zero-order valence-electron chi connectivity index (χ0n) is 11.3. The monoisotopic (exact) mass is 281 g/mol. The summed E-state index contributed by atoms with van der Waals surface area (Å²) in [6.45, 7) is 0. The van der Waals surface area contributed by atoms with E-state index in [1.165, 1.54) is 11.9 Å². The lowest BCUT2D eigenvalue weighted by Gasteiger charge is -1.99. The van der Waals surface area contributed by atoms with E-state index in [0.717, 1.165) is 12.2 Å². The van der Waals surface area contributed by atoms with Crippen molar-refractivity contribution in [2.45, 2.75) is 12.5 Å². The van der Waals surface area contributed by atoms with Crippen molar-refractivity contribution in [2.24, 2.45) is 0 Å². The number of aliphatic hydroxyl groups is 1. The van der Waals surface area contributed by atoms with E-state index in [1.807, 2.05) is 30.3 Å². The van der Waals surface area contributed by atoms with Gasteiger partial charge in [0.15, 0.2) is 5.82 Å². The first-order valence-electron chi connectivity index (χ1n) is 6.65. The molecule has 0 saturated heterocycles. The van der Waals surface area contributed by atoms with Crippen LogP contribution in [-0.4, -0.2) is 20.3 Å². The Hall–Kier alpha value is -2.66. The van der Waals surface area contributed by atoms with Crippen molar-refractivity contribution in [3.05, 3.63) is 77.8 Å². The van der Waals surface area contributed by atoms with Crippen LogP contribution in [0.2, 0.25) is 0 Å². The average Bonchev–Trinajstić information content (AvgIpc) is 3.17. The van der Waals surface area contributed by atoms with Crippen LogP contribution >= 0.6 is 0 Å². The Labute approximate surface area is 122 Å². The molecule has 0 bridgehead atoms. The third kappa shape index (κ3) is 3.46. The van der Waals surface area contributed by atoms with Crippen molar-refractivity contribution >= 4 is 6.08 Å². The molecular weight excluding hydrogens is 266 g/mol. The second-order valence-electron chi connectivity index (χ2n) is 4.64. The first kappa shape index (κ1) is 13.3. The third-order valence-corrected chi connectivity index (χ3v) is 3.06. The van der Waals surface area contributed by atoms with Gasteiger partial charge in [-0.25, -0.2) is 4.98 Å². The Morgan fingerprint density at radius 2 is 2.05 bits per heavy atom. The molecule has 0 aliphatic rings. The summed E-state index contributed by atoms with van der Waals surface area (Å²) in [7, 11) is 0. The molecule has 2 N–H and O–H groups in total. The van der Waals surface area contributed by atoms with Crippen molar-refractivity contribution < 1.29 is 9.52 Å². The molecule has 5 heteroatoms. The SMILES string of the molecule is OC(C=Cc1ccc(Cc2ccccc2)o1)c1ncn[nH]1. The number of aromatic nitrogens is 3. The van der Waals surface area contributed by atoms with Gasteiger partial charge >= 0.3 is 0 Å². The first-order chi connectivity index (χ1) is 10.3. The number of hydrogen-bond donors (Lipinski definition) is 2. The lowest BCUT2D eigenvalue weighted by Crippen LogP contribution is -1.95. The molecular formula is C16H15N3O2. The maximum atomic E-state index is 9.85. The van der Waals surface area contributed by atoms with Crippen LogP contribution in [0.1, 0.15) is 29.0 Å². The predicted octanol–water partition coefficient (Wildman–Crippen LogP) is 2.74. The number of benzene rings is 1. The minimum atomic E-state index is -0.824. The van der Waals surface area contributed by atoms with Crippen LogP contribution in [0, 0.1) is 0 Å². The quantitative estimate of drug-likeness (QED) is 0.754. The lowest BCUT2D eigenvalue weighted by atomic mass is 10.1. The fraction of sp³-hybridized carbons (Fsp3) is 0.125. The summed E-state index contributed by atoms with van der Waals surface area (Å²) in [5.41, 5.74) is 1.20. The van der Waals surface area contributed by atoms with E-state index in [0.29, 0.717) is 11.6 Å².